The first-order valence-corrected chi connectivity index (χ1v) is 9.16. The molecule has 0 bridgehead atoms. The van der Waals surface area contributed by atoms with Crippen LogP contribution in [0.15, 0.2) is 30.6 Å². The number of nitrogens with one attached hydrogen (secondary N) is 2. The smallest absolute Gasteiger partial charge is 0.324 e. The number of nitrogens with zero attached hydrogens (tertiary/aromatic N) is 4. The number of benzene rings is 1. The molecule has 0 fully saturated rings. The molecule has 0 aliphatic carbocycles. The van der Waals surface area contributed by atoms with Gasteiger partial charge in [-0.05, 0) is 59.7 Å². The summed E-state index contributed by atoms with van der Waals surface area (Å²) in [5.74, 6) is 1.01. The van der Waals surface area contributed by atoms with Crippen molar-refractivity contribution in [3.05, 3.63) is 41.9 Å². The van der Waals surface area contributed by atoms with Gasteiger partial charge in [0.25, 0.3) is 0 Å². The van der Waals surface area contributed by atoms with Crippen LogP contribution in [-0.4, -0.2) is 73.2 Å². The molecule has 28 heavy (non-hydrogen) atoms. The number of hydrogen-bond acceptors (Lipinski definition) is 6. The van der Waals surface area contributed by atoms with Gasteiger partial charge in [-0.2, -0.15) is 0 Å². The zero-order valence-electron chi connectivity index (χ0n) is 17.5. The molecule has 2 amide bonds. The Balaban J connectivity index is 2.13. The van der Waals surface area contributed by atoms with E-state index in [0.717, 1.165) is 24.3 Å². The van der Waals surface area contributed by atoms with Crippen LogP contribution >= 0.6 is 0 Å². The van der Waals surface area contributed by atoms with Crippen molar-refractivity contribution in [2.45, 2.75) is 20.0 Å². The number of carbonyl (C=O) groups is 1. The van der Waals surface area contributed by atoms with Gasteiger partial charge in [0, 0.05) is 13.1 Å². The maximum absolute atomic E-state index is 12.4. The first-order valence-electron chi connectivity index (χ1n) is 9.16. The van der Waals surface area contributed by atoms with Crippen LogP contribution in [0.2, 0.25) is 0 Å². The van der Waals surface area contributed by atoms with Gasteiger partial charge in [0.1, 0.15) is 11.9 Å². The molecule has 0 aliphatic rings. The van der Waals surface area contributed by atoms with Crippen molar-refractivity contribution in [3.63, 3.8) is 0 Å². The molecule has 8 nitrogen and oxygen atoms in total. The molecule has 152 valence electrons. The second kappa shape index (κ2) is 10.0. The van der Waals surface area contributed by atoms with Gasteiger partial charge in [-0.25, -0.2) is 9.78 Å². The van der Waals surface area contributed by atoms with Crippen LogP contribution in [0.3, 0.4) is 0 Å². The maximum Gasteiger partial charge on any atom is 0.324 e. The summed E-state index contributed by atoms with van der Waals surface area (Å²) in [5.41, 5.74) is 2.42. The number of rotatable bonds is 8. The highest BCUT2D eigenvalue weighted by atomic mass is 16.5. The molecule has 2 rings (SSSR count). The number of ether oxygens (including phenoxy) is 1. The van der Waals surface area contributed by atoms with Crippen molar-refractivity contribution in [1.29, 1.82) is 0 Å². The van der Waals surface area contributed by atoms with Gasteiger partial charge in [-0.15, -0.1) is 0 Å². The lowest BCUT2D eigenvalue weighted by molar-refractivity contribution is 0.129. The quantitative estimate of drug-likeness (QED) is 0.726. The predicted molar refractivity (Wildman–Crippen MR) is 112 cm³/mol. The Kier molecular flexibility index (Phi) is 7.71. The van der Waals surface area contributed by atoms with E-state index in [0.29, 0.717) is 17.3 Å². The molecule has 0 aliphatic heterocycles. The fourth-order valence-electron chi connectivity index (χ4n) is 2.70. The molecule has 2 aromatic rings. The minimum Gasteiger partial charge on any atom is -0.486 e. The van der Waals surface area contributed by atoms with Gasteiger partial charge in [-0.3, -0.25) is 10.3 Å². The van der Waals surface area contributed by atoms with E-state index in [1.54, 1.807) is 6.20 Å². The second-order valence-corrected chi connectivity index (χ2v) is 7.39. The highest BCUT2D eigenvalue weighted by Crippen LogP contribution is 2.27. The van der Waals surface area contributed by atoms with Gasteiger partial charge in [0.15, 0.2) is 5.82 Å². The second-order valence-electron chi connectivity index (χ2n) is 7.39. The van der Waals surface area contributed by atoms with Crippen LogP contribution in [0.1, 0.15) is 11.3 Å². The first-order chi connectivity index (χ1) is 13.2. The Labute approximate surface area is 166 Å². The third kappa shape index (κ3) is 7.13. The van der Waals surface area contributed by atoms with E-state index in [2.05, 4.69) is 30.4 Å². The normalized spacial score (nSPS) is 11.2. The fraction of sp³-hybridized carbons (Fsp3) is 0.450. The van der Waals surface area contributed by atoms with Crippen molar-refractivity contribution >= 4 is 17.5 Å². The van der Waals surface area contributed by atoms with Gasteiger partial charge >= 0.3 is 6.03 Å². The summed E-state index contributed by atoms with van der Waals surface area (Å²) in [7, 11) is 8.04. The van der Waals surface area contributed by atoms with Crippen LogP contribution in [0, 0.1) is 13.8 Å². The lowest BCUT2D eigenvalue weighted by Crippen LogP contribution is -2.39. The van der Waals surface area contributed by atoms with E-state index in [1.807, 2.05) is 60.2 Å². The van der Waals surface area contributed by atoms with E-state index in [-0.39, 0.29) is 6.10 Å². The number of anilines is 2. The topological polar surface area (TPSA) is 82.6 Å². The van der Waals surface area contributed by atoms with E-state index >= 15 is 0 Å². The highest BCUT2D eigenvalue weighted by molar-refractivity contribution is 6.00. The monoisotopic (exact) mass is 386 g/mol. The molecule has 8 heteroatoms. The van der Waals surface area contributed by atoms with Crippen molar-refractivity contribution in [1.82, 2.24) is 19.8 Å². The minimum atomic E-state index is -0.398. The Bertz CT molecular complexity index is 767. The molecule has 0 spiro atoms. The van der Waals surface area contributed by atoms with Crippen molar-refractivity contribution in [3.8, 4) is 5.75 Å². The standard InChI is InChI=1S/C20H30N6O2/c1-14-7-8-18(28-16(12-25(3)4)13-26(5)6)17(9-14)23-20(27)24-19-11-21-15(2)10-22-19/h7-11,16H,12-13H2,1-6H3,(H2,22,23,24,27). The number of amides is 2. The Hall–Kier alpha value is -2.71. The largest absolute Gasteiger partial charge is 0.486 e. The van der Waals surface area contributed by atoms with E-state index in [1.165, 1.54) is 6.20 Å². The number of aromatic nitrogens is 2. The summed E-state index contributed by atoms with van der Waals surface area (Å²) in [6.07, 6.45) is 3.08. The number of hydrogen-bond donors (Lipinski definition) is 2. The third-order valence-electron chi connectivity index (χ3n) is 3.84. The summed E-state index contributed by atoms with van der Waals surface area (Å²) in [5, 5.41) is 5.54. The molecule has 1 aromatic heterocycles. The van der Waals surface area contributed by atoms with Crippen LogP contribution in [-0.2, 0) is 0 Å². The maximum atomic E-state index is 12.4. The predicted octanol–water partition coefficient (Wildman–Crippen LogP) is 2.61. The summed E-state index contributed by atoms with van der Waals surface area (Å²) in [4.78, 5) is 24.8. The molecule has 1 aromatic carbocycles. The number of urea groups is 1. The lowest BCUT2D eigenvalue weighted by atomic mass is 10.2. The molecular formula is C20H30N6O2. The number of aryl methyl sites for hydroxylation is 2. The van der Waals surface area contributed by atoms with Crippen molar-refractivity contribution in [2.24, 2.45) is 0 Å². The van der Waals surface area contributed by atoms with Gasteiger partial charge in [0.2, 0.25) is 0 Å². The molecular weight excluding hydrogens is 356 g/mol. The summed E-state index contributed by atoms with van der Waals surface area (Å²) >= 11 is 0. The van der Waals surface area contributed by atoms with Crippen LogP contribution < -0.4 is 15.4 Å². The Morgan fingerprint density at radius 2 is 1.71 bits per heavy atom. The van der Waals surface area contributed by atoms with E-state index in [4.69, 9.17) is 4.74 Å². The molecule has 2 N–H and O–H groups in total. The van der Waals surface area contributed by atoms with E-state index in [9.17, 15) is 4.79 Å². The van der Waals surface area contributed by atoms with Crippen LogP contribution in [0.5, 0.6) is 5.75 Å². The SMILES string of the molecule is Cc1ccc(OC(CN(C)C)CN(C)C)c(NC(=O)Nc2cnc(C)cn2)c1. The number of carbonyl (C=O) groups excluding carboxylic acids is 1. The fourth-order valence-corrected chi connectivity index (χ4v) is 2.70. The zero-order valence-corrected chi connectivity index (χ0v) is 17.5. The molecule has 0 saturated carbocycles. The van der Waals surface area contributed by atoms with Crippen molar-refractivity contribution < 1.29 is 9.53 Å². The molecule has 0 radical (unpaired) electrons. The highest BCUT2D eigenvalue weighted by Gasteiger charge is 2.17. The summed E-state index contributed by atoms with van der Waals surface area (Å²) in [6, 6.07) is 5.34. The number of likely N-dealkylation sites (N-methyl/N-ethyl adjacent to an activating group) is 2. The van der Waals surface area contributed by atoms with Gasteiger partial charge in [-0.1, -0.05) is 6.07 Å². The Morgan fingerprint density at radius 3 is 2.29 bits per heavy atom. The van der Waals surface area contributed by atoms with Crippen LogP contribution in [0.25, 0.3) is 0 Å². The van der Waals surface area contributed by atoms with E-state index < -0.39 is 6.03 Å². The average Bonchev–Trinajstić information content (AvgIpc) is 2.58. The van der Waals surface area contributed by atoms with Crippen LogP contribution in [0.4, 0.5) is 16.3 Å². The average molecular weight is 387 g/mol. The molecule has 0 unspecified atom stereocenters. The first kappa shape index (κ1) is 21.6. The van der Waals surface area contributed by atoms with Crippen molar-refractivity contribution in [2.75, 3.05) is 51.9 Å². The summed E-state index contributed by atoms with van der Waals surface area (Å²) < 4.78 is 6.24. The zero-order chi connectivity index (χ0) is 20.7. The minimum absolute atomic E-state index is 0.0423. The summed E-state index contributed by atoms with van der Waals surface area (Å²) in [6.45, 7) is 5.33. The molecule has 0 saturated heterocycles. The van der Waals surface area contributed by atoms with Gasteiger partial charge in [0.05, 0.1) is 23.8 Å². The molecule has 1 heterocycles. The van der Waals surface area contributed by atoms with Gasteiger partial charge < -0.3 is 19.9 Å². The lowest BCUT2D eigenvalue weighted by Gasteiger charge is -2.26. The molecule has 0 atom stereocenters. The Morgan fingerprint density at radius 1 is 1.04 bits per heavy atom. The third-order valence-corrected chi connectivity index (χ3v) is 3.84.